The van der Waals surface area contributed by atoms with Crippen LogP contribution in [0.2, 0.25) is 0 Å². The predicted molar refractivity (Wildman–Crippen MR) is 68.3 cm³/mol. The van der Waals surface area contributed by atoms with Crippen molar-refractivity contribution in [1.29, 1.82) is 0 Å². The van der Waals surface area contributed by atoms with Gasteiger partial charge in [0.15, 0.2) is 0 Å². The molecular weight excluding hydrogens is 244 g/mol. The maximum Gasteiger partial charge on any atom is 0.248 e. The summed E-state index contributed by atoms with van der Waals surface area (Å²) in [5.41, 5.74) is 2.09. The first-order valence-electron chi connectivity index (χ1n) is 6.14. The molecule has 3 rings (SSSR count). The van der Waals surface area contributed by atoms with Gasteiger partial charge < -0.3 is 10.2 Å². The molecule has 1 aromatic carbocycles. The van der Waals surface area contributed by atoms with Gasteiger partial charge in [0.05, 0.1) is 0 Å². The minimum Gasteiger partial charge on any atom is -0.311 e. The van der Waals surface area contributed by atoms with Crippen LogP contribution in [0.25, 0.3) is 0 Å². The van der Waals surface area contributed by atoms with Crippen LogP contribution in [-0.2, 0) is 17.9 Å². The lowest BCUT2D eigenvalue weighted by atomic mass is 10.1. The number of nitrogens with zero attached hydrogens (tertiary/aromatic N) is 5. The van der Waals surface area contributed by atoms with Crippen LogP contribution in [0, 0.1) is 0 Å². The van der Waals surface area contributed by atoms with Crippen LogP contribution in [-0.4, -0.2) is 39.2 Å². The fraction of sp³-hybridized carbons (Fsp3) is 0.333. The summed E-state index contributed by atoms with van der Waals surface area (Å²) in [5, 5.41) is 14.1. The van der Waals surface area contributed by atoms with E-state index in [1.54, 1.807) is 4.90 Å². The van der Waals surface area contributed by atoms with Crippen molar-refractivity contribution < 1.29 is 4.79 Å². The molecule has 98 valence electrons. The lowest BCUT2D eigenvalue weighted by Gasteiger charge is -2.22. The summed E-state index contributed by atoms with van der Waals surface area (Å²) in [6.45, 7) is 2.36. The van der Waals surface area contributed by atoms with Crippen LogP contribution in [0.15, 0.2) is 30.6 Å². The third kappa shape index (κ3) is 2.45. The van der Waals surface area contributed by atoms with Gasteiger partial charge in [-0.2, -0.15) is 0 Å². The number of amides is 1. The lowest BCUT2D eigenvalue weighted by Crippen LogP contribution is -2.37. The maximum atomic E-state index is 12.4. The minimum atomic E-state index is -0.0107. The molecule has 0 aliphatic carbocycles. The lowest BCUT2D eigenvalue weighted by molar-refractivity contribution is -0.119. The van der Waals surface area contributed by atoms with Crippen LogP contribution >= 0.6 is 0 Å². The SMILES string of the molecule is O=C(Cn1cnnn1)N1CCNCc2ccccc21. The largest absolute Gasteiger partial charge is 0.311 e. The smallest absolute Gasteiger partial charge is 0.248 e. The van der Waals surface area contributed by atoms with Gasteiger partial charge in [0, 0.05) is 25.3 Å². The fourth-order valence-electron chi connectivity index (χ4n) is 2.19. The second kappa shape index (κ2) is 5.15. The highest BCUT2D eigenvalue weighted by molar-refractivity contribution is 5.94. The number of fused-ring (bicyclic) bond motifs is 1. The van der Waals surface area contributed by atoms with E-state index < -0.39 is 0 Å². The van der Waals surface area contributed by atoms with Crippen molar-refractivity contribution in [3.8, 4) is 0 Å². The Kier molecular flexibility index (Phi) is 3.20. The number of nitrogens with one attached hydrogen (secondary N) is 1. The Hall–Kier alpha value is -2.28. The Morgan fingerprint density at radius 3 is 3.11 bits per heavy atom. The third-order valence-electron chi connectivity index (χ3n) is 3.10. The van der Waals surface area contributed by atoms with Crippen molar-refractivity contribution in [1.82, 2.24) is 25.5 Å². The molecule has 2 heterocycles. The second-order valence-corrected chi connectivity index (χ2v) is 4.36. The van der Waals surface area contributed by atoms with Crippen LogP contribution in [0.1, 0.15) is 5.56 Å². The topological polar surface area (TPSA) is 75.9 Å². The average molecular weight is 258 g/mol. The van der Waals surface area contributed by atoms with Crippen molar-refractivity contribution in [3.05, 3.63) is 36.2 Å². The molecule has 0 saturated heterocycles. The summed E-state index contributed by atoms with van der Waals surface area (Å²) < 4.78 is 1.43. The number of aromatic nitrogens is 4. The Morgan fingerprint density at radius 1 is 1.37 bits per heavy atom. The predicted octanol–water partition coefficient (Wildman–Crippen LogP) is -0.190. The van der Waals surface area contributed by atoms with Crippen LogP contribution in [0.5, 0.6) is 0 Å². The Bertz CT molecular complexity index is 567. The van der Waals surface area contributed by atoms with Crippen molar-refractivity contribution in [2.75, 3.05) is 18.0 Å². The molecule has 1 aliphatic rings. The van der Waals surface area contributed by atoms with E-state index in [-0.39, 0.29) is 12.5 Å². The summed E-state index contributed by atoms with van der Waals surface area (Å²) in [6.07, 6.45) is 1.44. The fourth-order valence-corrected chi connectivity index (χ4v) is 2.19. The number of hydrogen-bond donors (Lipinski definition) is 1. The third-order valence-corrected chi connectivity index (χ3v) is 3.10. The highest BCUT2D eigenvalue weighted by Crippen LogP contribution is 2.22. The number of tetrazole rings is 1. The molecular formula is C12H14N6O. The molecule has 19 heavy (non-hydrogen) atoms. The number of carbonyl (C=O) groups is 1. The van der Waals surface area contributed by atoms with Crippen LogP contribution < -0.4 is 10.2 Å². The molecule has 0 atom stereocenters. The highest BCUT2D eigenvalue weighted by Gasteiger charge is 2.20. The first-order chi connectivity index (χ1) is 9.34. The Labute approximate surface area is 110 Å². The van der Waals surface area contributed by atoms with Crippen molar-refractivity contribution in [2.45, 2.75) is 13.1 Å². The zero-order chi connectivity index (χ0) is 13.1. The number of carbonyl (C=O) groups excluding carboxylic acids is 1. The molecule has 2 aromatic rings. The van der Waals surface area contributed by atoms with Crippen molar-refractivity contribution in [3.63, 3.8) is 0 Å². The molecule has 0 fully saturated rings. The quantitative estimate of drug-likeness (QED) is 0.808. The first-order valence-corrected chi connectivity index (χ1v) is 6.14. The Morgan fingerprint density at radius 2 is 2.26 bits per heavy atom. The second-order valence-electron chi connectivity index (χ2n) is 4.36. The minimum absolute atomic E-state index is 0.0107. The summed E-state index contributed by atoms with van der Waals surface area (Å²) >= 11 is 0. The monoisotopic (exact) mass is 258 g/mol. The van der Waals surface area contributed by atoms with Crippen molar-refractivity contribution in [2.24, 2.45) is 0 Å². The number of anilines is 1. The van der Waals surface area contributed by atoms with Crippen LogP contribution in [0.3, 0.4) is 0 Å². The maximum absolute atomic E-state index is 12.4. The van der Waals surface area contributed by atoms with Gasteiger partial charge in [-0.1, -0.05) is 18.2 Å². The number of rotatable bonds is 2. The van der Waals surface area contributed by atoms with Gasteiger partial charge in [-0.15, -0.1) is 5.10 Å². The summed E-state index contributed by atoms with van der Waals surface area (Å²) in [4.78, 5) is 14.2. The van der Waals surface area contributed by atoms with E-state index in [4.69, 9.17) is 0 Å². The molecule has 1 aliphatic heterocycles. The summed E-state index contributed by atoms with van der Waals surface area (Å²) in [5.74, 6) is -0.0107. The van der Waals surface area contributed by atoms with Gasteiger partial charge in [-0.05, 0) is 22.1 Å². The van der Waals surface area contributed by atoms with Crippen molar-refractivity contribution >= 4 is 11.6 Å². The van der Waals surface area contributed by atoms with Gasteiger partial charge in [-0.25, -0.2) is 4.68 Å². The Balaban J connectivity index is 1.85. The van der Waals surface area contributed by atoms with Crippen LogP contribution in [0.4, 0.5) is 5.69 Å². The summed E-state index contributed by atoms with van der Waals surface area (Å²) in [7, 11) is 0. The van der Waals surface area contributed by atoms with E-state index in [9.17, 15) is 4.79 Å². The standard InChI is InChI=1S/C12H14N6O/c19-12(8-17-9-14-15-16-17)18-6-5-13-7-10-3-1-2-4-11(10)18/h1-4,9,13H,5-8H2. The van der Waals surface area contributed by atoms with Gasteiger partial charge in [-0.3, -0.25) is 4.79 Å². The molecule has 0 bridgehead atoms. The van der Waals surface area contributed by atoms with Gasteiger partial charge in [0.2, 0.25) is 5.91 Å². The number of para-hydroxylation sites is 1. The van der Waals surface area contributed by atoms with E-state index in [1.165, 1.54) is 11.0 Å². The molecule has 7 nitrogen and oxygen atoms in total. The average Bonchev–Trinajstić information content (AvgIpc) is 2.83. The molecule has 7 heteroatoms. The van der Waals surface area contributed by atoms with Gasteiger partial charge in [0.25, 0.3) is 0 Å². The molecule has 1 aromatic heterocycles. The molecule has 0 unspecified atom stereocenters. The van der Waals surface area contributed by atoms with E-state index in [0.29, 0.717) is 6.54 Å². The molecule has 0 saturated carbocycles. The molecule has 0 radical (unpaired) electrons. The first kappa shape index (κ1) is 11.8. The molecule has 1 amide bonds. The number of hydrogen-bond acceptors (Lipinski definition) is 5. The molecule has 0 spiro atoms. The van der Waals surface area contributed by atoms with E-state index >= 15 is 0 Å². The zero-order valence-electron chi connectivity index (χ0n) is 10.4. The summed E-state index contributed by atoms with van der Waals surface area (Å²) in [6, 6.07) is 7.93. The van der Waals surface area contributed by atoms with E-state index in [2.05, 4.69) is 20.8 Å². The van der Waals surface area contributed by atoms with E-state index in [0.717, 1.165) is 24.3 Å². The normalized spacial score (nSPS) is 14.8. The molecule has 1 N–H and O–H groups in total. The van der Waals surface area contributed by atoms with E-state index in [1.807, 2.05) is 24.3 Å². The van der Waals surface area contributed by atoms with Gasteiger partial charge in [0.1, 0.15) is 12.9 Å². The number of benzene rings is 1. The van der Waals surface area contributed by atoms with Gasteiger partial charge >= 0.3 is 0 Å². The highest BCUT2D eigenvalue weighted by atomic mass is 16.2. The zero-order valence-corrected chi connectivity index (χ0v) is 10.4.